The second-order valence-corrected chi connectivity index (χ2v) is 1.88. The maximum absolute atomic E-state index is 5.42. The van der Waals surface area contributed by atoms with Gasteiger partial charge in [-0.15, -0.1) is 10.2 Å². The molecule has 0 atom stereocenters. The molecule has 0 amide bonds. The summed E-state index contributed by atoms with van der Waals surface area (Å²) >= 11 is 9.76. The van der Waals surface area contributed by atoms with Crippen LogP contribution in [0.3, 0.4) is 0 Å². The maximum Gasteiger partial charge on any atom is 0.187 e. The Bertz CT molecular complexity index is 210. The summed E-state index contributed by atoms with van der Waals surface area (Å²) in [7, 11) is 0. The molecule has 1 rings (SSSR count). The summed E-state index contributed by atoms with van der Waals surface area (Å²) in [6, 6.07) is 3.18. The molecule has 0 bridgehead atoms. The molecule has 3 nitrogen and oxygen atoms in total. The first-order valence-electron chi connectivity index (χ1n) is 2.15. The number of aromatic nitrogens is 2. The summed E-state index contributed by atoms with van der Waals surface area (Å²) in [6.07, 6.45) is 0. The van der Waals surface area contributed by atoms with E-state index in [1.54, 1.807) is 12.1 Å². The van der Waals surface area contributed by atoms with Crippen LogP contribution in [0.5, 0.6) is 0 Å². The lowest BCUT2D eigenvalue weighted by Gasteiger charge is -1.85. The Morgan fingerprint density at radius 2 is 2.22 bits per heavy atom. The number of rotatable bonds is 1. The van der Waals surface area contributed by atoms with E-state index >= 15 is 0 Å². The van der Waals surface area contributed by atoms with Gasteiger partial charge in [-0.1, -0.05) is 11.6 Å². The van der Waals surface area contributed by atoms with Crippen LogP contribution in [0.25, 0.3) is 0 Å². The van der Waals surface area contributed by atoms with Crippen molar-refractivity contribution in [3.8, 4) is 0 Å². The molecule has 0 saturated heterocycles. The predicted octanol–water partition coefficient (Wildman–Crippen LogP) is 1.49. The summed E-state index contributed by atoms with van der Waals surface area (Å²) in [5.41, 5.74) is 0. The van der Waals surface area contributed by atoms with Gasteiger partial charge in [0, 0.05) is 12.4 Å². The van der Waals surface area contributed by atoms with Gasteiger partial charge in [0.1, 0.15) is 0 Å². The molecule has 0 aliphatic heterocycles. The van der Waals surface area contributed by atoms with Gasteiger partial charge in [-0.25, -0.2) is 0 Å². The van der Waals surface area contributed by atoms with Crippen LogP contribution in [0.1, 0.15) is 0 Å². The van der Waals surface area contributed by atoms with Crippen LogP contribution in [0.4, 0.5) is 5.82 Å². The van der Waals surface area contributed by atoms with Crippen molar-refractivity contribution in [1.29, 1.82) is 0 Å². The van der Waals surface area contributed by atoms with E-state index in [9.17, 15) is 0 Å². The molecule has 5 heteroatoms. The number of halogens is 1. The molecule has 0 spiro atoms. The van der Waals surface area contributed by atoms with Gasteiger partial charge < -0.3 is 0 Å². The van der Waals surface area contributed by atoms with Gasteiger partial charge in [0.05, 0.1) is 0 Å². The van der Waals surface area contributed by atoms with E-state index < -0.39 is 0 Å². The first-order valence-corrected chi connectivity index (χ1v) is 2.90. The van der Waals surface area contributed by atoms with Gasteiger partial charge >= 0.3 is 0 Å². The van der Waals surface area contributed by atoms with E-state index in [-0.39, 0.29) is 0 Å². The third kappa shape index (κ3) is 1.65. The smallest absolute Gasteiger partial charge is 0.159 e. The zero-order chi connectivity index (χ0) is 6.69. The molecule has 1 aromatic heterocycles. The van der Waals surface area contributed by atoms with Crippen molar-refractivity contribution in [2.45, 2.75) is 0 Å². The number of hydrogen-bond donors (Lipinski definition) is 0. The second-order valence-electron chi connectivity index (χ2n) is 1.31. The van der Waals surface area contributed by atoms with Crippen molar-refractivity contribution >= 4 is 29.8 Å². The third-order valence-electron chi connectivity index (χ3n) is 0.711. The van der Waals surface area contributed by atoms with Crippen LogP contribution in [-0.2, 0) is 12.4 Å². The highest BCUT2D eigenvalue weighted by molar-refractivity contribution is 7.47. The Morgan fingerprint density at radius 3 is 2.67 bits per heavy atom. The molecule has 0 aliphatic carbocycles. The van der Waals surface area contributed by atoms with Gasteiger partial charge in [0.2, 0.25) is 0 Å². The molecule has 1 aromatic rings. The van der Waals surface area contributed by atoms with Crippen LogP contribution in [-0.4, -0.2) is 10.2 Å². The maximum atomic E-state index is 5.42. The van der Waals surface area contributed by atoms with E-state index in [1.165, 1.54) is 0 Å². The normalized spacial score (nSPS) is 9.00. The van der Waals surface area contributed by atoms with Crippen LogP contribution in [0.15, 0.2) is 16.5 Å². The van der Waals surface area contributed by atoms with E-state index in [2.05, 4.69) is 27.0 Å². The fourth-order valence-corrected chi connectivity index (χ4v) is 0.556. The minimum atomic E-state index is 0.345. The summed E-state index contributed by atoms with van der Waals surface area (Å²) in [6.45, 7) is 0. The first kappa shape index (κ1) is 6.51. The molecule has 0 aromatic carbocycles. The quantitative estimate of drug-likeness (QED) is 0.623. The Morgan fingerprint density at radius 1 is 1.44 bits per heavy atom. The van der Waals surface area contributed by atoms with Crippen molar-refractivity contribution < 1.29 is 0 Å². The van der Waals surface area contributed by atoms with Gasteiger partial charge in [0.15, 0.2) is 11.0 Å². The minimum absolute atomic E-state index is 0.345. The van der Waals surface area contributed by atoms with Crippen LogP contribution < -0.4 is 0 Å². The molecule has 0 unspecified atom stereocenters. The highest BCUT2D eigenvalue weighted by atomic mass is 35.5. The molecule has 9 heavy (non-hydrogen) atoms. The van der Waals surface area contributed by atoms with Gasteiger partial charge in [-0.05, 0) is 12.1 Å². The van der Waals surface area contributed by atoms with Crippen molar-refractivity contribution in [2.24, 2.45) is 4.36 Å². The molecule has 0 fully saturated rings. The third-order valence-corrected chi connectivity index (χ3v) is 1.10. The van der Waals surface area contributed by atoms with Gasteiger partial charge in [-0.2, -0.15) is 4.36 Å². The lowest BCUT2D eigenvalue weighted by atomic mass is 10.5. The van der Waals surface area contributed by atoms with Gasteiger partial charge in [0.25, 0.3) is 0 Å². The largest absolute Gasteiger partial charge is 0.187 e. The van der Waals surface area contributed by atoms with E-state index in [0.29, 0.717) is 11.0 Å². The molecule has 46 valence electrons. The summed E-state index contributed by atoms with van der Waals surface area (Å²) in [4.78, 5) is 0. The van der Waals surface area contributed by atoms with Crippen molar-refractivity contribution in [3.63, 3.8) is 0 Å². The predicted molar refractivity (Wildman–Crippen MR) is 36.5 cm³/mol. The first-order chi connectivity index (χ1) is 4.33. The number of nitrogens with zero attached hydrogens (tertiary/aromatic N) is 3. The Hall–Kier alpha value is -0.610. The molecular formula is C4H2ClN3S. The fraction of sp³-hybridized carbons (Fsp3) is 0. The molecule has 0 N–H and O–H groups in total. The van der Waals surface area contributed by atoms with Crippen molar-refractivity contribution in [2.75, 3.05) is 0 Å². The Balaban J connectivity index is 3.01. The summed E-state index contributed by atoms with van der Waals surface area (Å²) < 4.78 is 3.36. The topological polar surface area (TPSA) is 38.1 Å². The van der Waals surface area contributed by atoms with Crippen molar-refractivity contribution in [3.05, 3.63) is 17.3 Å². The van der Waals surface area contributed by atoms with Gasteiger partial charge in [-0.3, -0.25) is 0 Å². The molecule has 0 radical (unpaired) electrons. The SMILES string of the molecule is S=Nc1ccc(Cl)nn1. The highest BCUT2D eigenvalue weighted by Gasteiger charge is 1.89. The minimum Gasteiger partial charge on any atom is -0.159 e. The number of hydrogen-bond acceptors (Lipinski definition) is 4. The summed E-state index contributed by atoms with van der Waals surface area (Å²) in [5, 5.41) is 7.39. The Labute approximate surface area is 62.2 Å². The second kappa shape index (κ2) is 2.80. The zero-order valence-corrected chi connectivity index (χ0v) is 5.85. The van der Waals surface area contributed by atoms with Crippen molar-refractivity contribution in [1.82, 2.24) is 10.2 Å². The molecule has 0 aliphatic rings. The molecule has 0 saturated carbocycles. The Kier molecular flexibility index (Phi) is 2.02. The monoisotopic (exact) mass is 159 g/mol. The molecule has 1 heterocycles. The lowest BCUT2D eigenvalue weighted by Crippen LogP contribution is -1.78. The highest BCUT2D eigenvalue weighted by Crippen LogP contribution is 2.07. The average molecular weight is 160 g/mol. The fourth-order valence-electron chi connectivity index (χ4n) is 0.358. The van der Waals surface area contributed by atoms with E-state index in [1.807, 2.05) is 0 Å². The zero-order valence-electron chi connectivity index (χ0n) is 4.28. The molecular weight excluding hydrogens is 158 g/mol. The van der Waals surface area contributed by atoms with Crippen LogP contribution in [0.2, 0.25) is 5.15 Å². The van der Waals surface area contributed by atoms with Crippen LogP contribution >= 0.6 is 11.6 Å². The van der Waals surface area contributed by atoms with Crippen LogP contribution in [0, 0.1) is 0 Å². The van der Waals surface area contributed by atoms with E-state index in [4.69, 9.17) is 11.6 Å². The van der Waals surface area contributed by atoms with E-state index in [0.717, 1.165) is 0 Å². The standard InChI is InChI=1S/C4H2ClN3S/c5-3-1-2-4(8-9)7-6-3/h1-2H. The lowest BCUT2D eigenvalue weighted by molar-refractivity contribution is 1.03. The summed E-state index contributed by atoms with van der Waals surface area (Å²) in [5.74, 6) is 0.411. The average Bonchev–Trinajstić information content (AvgIpc) is 1.90.